The van der Waals surface area contributed by atoms with Gasteiger partial charge in [-0.15, -0.1) is 0 Å². The van der Waals surface area contributed by atoms with Crippen LogP contribution < -0.4 is 0 Å². The molecule has 6 nitrogen and oxygen atoms in total. The summed E-state index contributed by atoms with van der Waals surface area (Å²) in [5, 5.41) is 8.66. The molecule has 7 heteroatoms. The van der Waals surface area contributed by atoms with Gasteiger partial charge in [-0.25, -0.2) is 0 Å². The zero-order valence-electron chi connectivity index (χ0n) is 9.69. The van der Waals surface area contributed by atoms with E-state index in [1.54, 1.807) is 0 Å². The standard InChI is InChI=1S/C11H14N2O4S/c14-11(15)9-13-7-6-12(18(13,16)17)8-10-4-2-1-3-5-10/h1-5H,6-9H2,(H,14,15). The lowest BCUT2D eigenvalue weighted by atomic mass is 10.2. The van der Waals surface area contributed by atoms with Gasteiger partial charge >= 0.3 is 5.97 Å². The van der Waals surface area contributed by atoms with E-state index < -0.39 is 22.7 Å². The summed E-state index contributed by atoms with van der Waals surface area (Å²) in [6.07, 6.45) is 0. The maximum Gasteiger partial charge on any atom is 0.318 e. The van der Waals surface area contributed by atoms with E-state index in [0.29, 0.717) is 6.54 Å². The summed E-state index contributed by atoms with van der Waals surface area (Å²) in [5.74, 6) is -1.14. The Morgan fingerprint density at radius 3 is 2.39 bits per heavy atom. The number of nitrogens with zero attached hydrogens (tertiary/aromatic N) is 2. The molecule has 1 aromatic rings. The highest BCUT2D eigenvalue weighted by atomic mass is 32.2. The lowest BCUT2D eigenvalue weighted by molar-refractivity contribution is -0.137. The zero-order chi connectivity index (χ0) is 13.2. The number of aliphatic carboxylic acids is 1. The lowest BCUT2D eigenvalue weighted by Crippen LogP contribution is -2.35. The van der Waals surface area contributed by atoms with E-state index in [1.165, 1.54) is 4.31 Å². The summed E-state index contributed by atoms with van der Waals surface area (Å²) in [6, 6.07) is 9.23. The molecule has 1 saturated heterocycles. The van der Waals surface area contributed by atoms with E-state index in [1.807, 2.05) is 30.3 Å². The minimum atomic E-state index is -3.64. The fourth-order valence-corrected chi connectivity index (χ4v) is 3.41. The second-order valence-electron chi connectivity index (χ2n) is 4.05. The topological polar surface area (TPSA) is 77.9 Å². The Morgan fingerprint density at radius 1 is 1.17 bits per heavy atom. The monoisotopic (exact) mass is 270 g/mol. The first kappa shape index (κ1) is 13.0. The van der Waals surface area contributed by atoms with E-state index in [0.717, 1.165) is 9.87 Å². The quantitative estimate of drug-likeness (QED) is 0.843. The maximum atomic E-state index is 12.0. The molecule has 0 saturated carbocycles. The van der Waals surface area contributed by atoms with Crippen LogP contribution in [0.3, 0.4) is 0 Å². The zero-order valence-corrected chi connectivity index (χ0v) is 10.5. The molecule has 0 aliphatic carbocycles. The van der Waals surface area contributed by atoms with Crippen molar-refractivity contribution in [1.29, 1.82) is 0 Å². The molecule has 1 heterocycles. The van der Waals surface area contributed by atoms with Crippen LogP contribution in [0.15, 0.2) is 30.3 Å². The van der Waals surface area contributed by atoms with Crippen LogP contribution in [0.25, 0.3) is 0 Å². The first-order valence-corrected chi connectivity index (χ1v) is 6.91. The minimum Gasteiger partial charge on any atom is -0.480 e. The summed E-state index contributed by atoms with van der Waals surface area (Å²) in [7, 11) is -3.64. The third kappa shape index (κ3) is 2.69. The van der Waals surface area contributed by atoms with Crippen LogP contribution in [0.5, 0.6) is 0 Å². The van der Waals surface area contributed by atoms with Crippen LogP contribution in [0.4, 0.5) is 0 Å². The van der Waals surface area contributed by atoms with Crippen LogP contribution in [-0.4, -0.2) is 47.7 Å². The Bertz CT molecular complexity index is 529. The second kappa shape index (κ2) is 5.05. The number of benzene rings is 1. The number of carbonyl (C=O) groups is 1. The molecule has 18 heavy (non-hydrogen) atoms. The lowest BCUT2D eigenvalue weighted by Gasteiger charge is -2.17. The average Bonchev–Trinajstić information content (AvgIpc) is 2.57. The Morgan fingerprint density at radius 2 is 1.78 bits per heavy atom. The minimum absolute atomic E-state index is 0.224. The molecule has 0 aromatic heterocycles. The van der Waals surface area contributed by atoms with Crippen LogP contribution in [0.1, 0.15) is 5.56 Å². The molecule has 0 atom stereocenters. The van der Waals surface area contributed by atoms with Gasteiger partial charge in [0.1, 0.15) is 6.54 Å². The summed E-state index contributed by atoms with van der Waals surface area (Å²) in [4.78, 5) is 10.6. The highest BCUT2D eigenvalue weighted by Gasteiger charge is 2.37. The SMILES string of the molecule is O=C(O)CN1CCN(Cc2ccccc2)S1(=O)=O. The molecular formula is C11H14N2O4S. The van der Waals surface area contributed by atoms with Gasteiger partial charge in [0.25, 0.3) is 10.2 Å². The van der Waals surface area contributed by atoms with E-state index in [4.69, 9.17) is 5.11 Å². The van der Waals surface area contributed by atoms with Crippen molar-refractivity contribution in [3.05, 3.63) is 35.9 Å². The van der Waals surface area contributed by atoms with Gasteiger partial charge in [0.05, 0.1) is 0 Å². The van der Waals surface area contributed by atoms with Gasteiger partial charge in [-0.3, -0.25) is 4.79 Å². The molecule has 0 unspecified atom stereocenters. The van der Waals surface area contributed by atoms with Crippen molar-refractivity contribution in [1.82, 2.24) is 8.61 Å². The molecule has 1 aliphatic rings. The second-order valence-corrected chi connectivity index (χ2v) is 5.98. The van der Waals surface area contributed by atoms with E-state index >= 15 is 0 Å². The molecule has 1 aromatic carbocycles. The first-order chi connectivity index (χ1) is 8.50. The van der Waals surface area contributed by atoms with Crippen molar-refractivity contribution in [2.75, 3.05) is 19.6 Å². The molecule has 0 spiro atoms. The molecule has 1 N–H and O–H groups in total. The van der Waals surface area contributed by atoms with Gasteiger partial charge in [0.2, 0.25) is 0 Å². The van der Waals surface area contributed by atoms with Gasteiger partial charge in [0.15, 0.2) is 0 Å². The van der Waals surface area contributed by atoms with Gasteiger partial charge in [-0.05, 0) is 5.56 Å². The predicted molar refractivity (Wildman–Crippen MR) is 65.0 cm³/mol. The molecule has 1 fully saturated rings. The van der Waals surface area contributed by atoms with Gasteiger partial charge in [0, 0.05) is 19.6 Å². The molecule has 1 aliphatic heterocycles. The summed E-state index contributed by atoms with van der Waals surface area (Å²) < 4.78 is 26.3. The number of hydrogen-bond donors (Lipinski definition) is 1. The summed E-state index contributed by atoms with van der Waals surface area (Å²) in [5.41, 5.74) is 0.887. The fourth-order valence-electron chi connectivity index (χ4n) is 1.88. The molecule has 0 bridgehead atoms. The first-order valence-electron chi connectivity index (χ1n) is 5.51. The van der Waals surface area contributed by atoms with E-state index in [9.17, 15) is 13.2 Å². The van der Waals surface area contributed by atoms with E-state index in [2.05, 4.69) is 0 Å². The van der Waals surface area contributed by atoms with E-state index in [-0.39, 0.29) is 13.1 Å². The maximum absolute atomic E-state index is 12.0. The van der Waals surface area contributed by atoms with Crippen molar-refractivity contribution < 1.29 is 18.3 Å². The largest absolute Gasteiger partial charge is 0.480 e. The molecule has 0 amide bonds. The summed E-state index contributed by atoms with van der Waals surface area (Å²) in [6.45, 7) is 0.346. The smallest absolute Gasteiger partial charge is 0.318 e. The Kier molecular flexibility index (Phi) is 3.65. The number of rotatable bonds is 4. The van der Waals surface area contributed by atoms with Gasteiger partial charge in [-0.1, -0.05) is 30.3 Å². The third-order valence-electron chi connectivity index (χ3n) is 2.76. The third-order valence-corrected chi connectivity index (χ3v) is 4.69. The molecule has 98 valence electrons. The van der Waals surface area contributed by atoms with Crippen molar-refractivity contribution in [3.63, 3.8) is 0 Å². The van der Waals surface area contributed by atoms with Gasteiger partial charge < -0.3 is 5.11 Å². The van der Waals surface area contributed by atoms with Crippen LogP contribution >= 0.6 is 0 Å². The van der Waals surface area contributed by atoms with Crippen LogP contribution in [0, 0.1) is 0 Å². The van der Waals surface area contributed by atoms with Crippen LogP contribution in [0.2, 0.25) is 0 Å². The number of hydrogen-bond acceptors (Lipinski definition) is 3. The average molecular weight is 270 g/mol. The Labute approximate surface area is 106 Å². The van der Waals surface area contributed by atoms with Crippen molar-refractivity contribution in [2.24, 2.45) is 0 Å². The van der Waals surface area contributed by atoms with Gasteiger partial charge in [-0.2, -0.15) is 17.0 Å². The number of carboxylic acid groups (broad SMARTS) is 1. The highest BCUT2D eigenvalue weighted by Crippen LogP contribution is 2.18. The highest BCUT2D eigenvalue weighted by molar-refractivity contribution is 7.87. The molecular weight excluding hydrogens is 256 g/mol. The fraction of sp³-hybridized carbons (Fsp3) is 0.364. The van der Waals surface area contributed by atoms with Crippen molar-refractivity contribution in [3.8, 4) is 0 Å². The van der Waals surface area contributed by atoms with Crippen molar-refractivity contribution in [2.45, 2.75) is 6.54 Å². The summed E-state index contributed by atoms with van der Waals surface area (Å²) >= 11 is 0. The Hall–Kier alpha value is -1.44. The Balaban J connectivity index is 2.10. The molecule has 2 rings (SSSR count). The molecule has 0 radical (unpaired) electrons. The van der Waals surface area contributed by atoms with Crippen molar-refractivity contribution >= 4 is 16.2 Å². The number of carboxylic acids is 1. The predicted octanol–water partition coefficient (Wildman–Crippen LogP) is 0.134. The normalized spacial score (nSPS) is 20.0. The van der Waals surface area contributed by atoms with Crippen LogP contribution in [-0.2, 0) is 21.5 Å².